The maximum absolute atomic E-state index is 13.0. The van der Waals surface area contributed by atoms with Gasteiger partial charge in [-0.15, -0.1) is 0 Å². The van der Waals surface area contributed by atoms with Crippen LogP contribution in [0.3, 0.4) is 0 Å². The molecule has 8 heteroatoms. The Hall–Kier alpha value is -1.00. The summed E-state index contributed by atoms with van der Waals surface area (Å²) in [5.74, 6) is -0.134. The largest absolute Gasteiger partial charge is 0.332 e. The number of benzene rings is 1. The van der Waals surface area contributed by atoms with E-state index in [0.29, 0.717) is 0 Å². The summed E-state index contributed by atoms with van der Waals surface area (Å²) in [4.78, 5) is 42.2. The van der Waals surface area contributed by atoms with Crippen molar-refractivity contribution < 1.29 is 28.7 Å². The van der Waals surface area contributed by atoms with Crippen molar-refractivity contribution in [3.05, 3.63) is 60.2 Å². The van der Waals surface area contributed by atoms with Gasteiger partial charge >= 0.3 is 15.2 Å². The molecule has 0 amide bonds. The van der Waals surface area contributed by atoms with Gasteiger partial charge < -0.3 is 19.6 Å². The summed E-state index contributed by atoms with van der Waals surface area (Å²) >= 11 is 0. The van der Waals surface area contributed by atoms with Crippen LogP contribution in [0.15, 0.2) is 54.6 Å². The molecule has 30 heavy (non-hydrogen) atoms. The van der Waals surface area contributed by atoms with Gasteiger partial charge in [-0.05, 0) is 31.2 Å². The highest BCUT2D eigenvalue weighted by Crippen LogP contribution is 2.75. The van der Waals surface area contributed by atoms with E-state index < -0.39 is 30.9 Å². The average molecular weight is 456 g/mol. The van der Waals surface area contributed by atoms with Gasteiger partial charge in [0.25, 0.3) is 0 Å². The van der Waals surface area contributed by atoms with Gasteiger partial charge in [0, 0.05) is 11.3 Å². The first-order valence-corrected chi connectivity index (χ1v) is 13.7. The van der Waals surface area contributed by atoms with E-state index in [0.717, 1.165) is 5.56 Å². The number of rotatable bonds is 9. The molecule has 0 radical (unpaired) electrons. The summed E-state index contributed by atoms with van der Waals surface area (Å²) in [6.45, 7) is 6.74. The first kappa shape index (κ1) is 25.3. The smallest absolute Gasteiger partial charge is 0.324 e. The van der Waals surface area contributed by atoms with Gasteiger partial charge in [0.05, 0.1) is 10.3 Å². The lowest BCUT2D eigenvalue weighted by Gasteiger charge is -2.58. The molecule has 0 aliphatic heterocycles. The van der Waals surface area contributed by atoms with Gasteiger partial charge in [0.2, 0.25) is 0 Å². The Morgan fingerprint density at radius 3 is 1.43 bits per heavy atom. The summed E-state index contributed by atoms with van der Waals surface area (Å²) in [6, 6.07) is 9.64. The molecule has 0 saturated carbocycles. The second kappa shape index (κ2) is 8.86. The molecule has 168 valence electrons. The Balaban J connectivity index is 2.87. The normalized spacial score (nSPS) is 18.0. The molecule has 1 aliphatic carbocycles. The molecular weight excluding hydrogens is 422 g/mol. The molecule has 0 fully saturated rings. The van der Waals surface area contributed by atoms with Crippen molar-refractivity contribution in [3.63, 3.8) is 0 Å². The molecule has 0 unspecified atom stereocenters. The lowest BCUT2D eigenvalue weighted by Crippen LogP contribution is -2.59. The van der Waals surface area contributed by atoms with Crippen molar-refractivity contribution in [2.75, 3.05) is 0 Å². The summed E-state index contributed by atoms with van der Waals surface area (Å²) in [5, 5.41) is -3.27. The number of hydrogen-bond donors (Lipinski definition) is 4. The fraction of sp³-hybridized carbons (Fsp3) is 0.545. The van der Waals surface area contributed by atoms with E-state index >= 15 is 0 Å². The Morgan fingerprint density at radius 1 is 0.767 bits per heavy atom. The second-order valence-corrected chi connectivity index (χ2v) is 12.0. The lowest BCUT2D eigenvalue weighted by molar-refractivity contribution is 0.147. The average Bonchev–Trinajstić information content (AvgIpc) is 2.69. The summed E-state index contributed by atoms with van der Waals surface area (Å²) in [6.07, 6.45) is 7.37. The van der Waals surface area contributed by atoms with E-state index in [4.69, 9.17) is 0 Å². The third-order valence-corrected chi connectivity index (χ3v) is 11.5. The Kier molecular flexibility index (Phi) is 7.46. The van der Waals surface area contributed by atoms with Crippen molar-refractivity contribution in [1.29, 1.82) is 0 Å². The van der Waals surface area contributed by atoms with Crippen LogP contribution in [0.1, 0.15) is 64.9 Å². The van der Waals surface area contributed by atoms with Crippen LogP contribution in [0.25, 0.3) is 0 Å². The van der Waals surface area contributed by atoms with Crippen LogP contribution < -0.4 is 0 Å². The van der Waals surface area contributed by atoms with Crippen molar-refractivity contribution in [1.82, 2.24) is 0 Å². The predicted octanol–water partition coefficient (Wildman–Crippen LogP) is 5.36. The maximum atomic E-state index is 13.0. The number of hydrogen-bond acceptors (Lipinski definition) is 2. The van der Waals surface area contributed by atoms with Crippen LogP contribution in [0.2, 0.25) is 0 Å². The van der Waals surface area contributed by atoms with Crippen LogP contribution in [0.5, 0.6) is 0 Å². The van der Waals surface area contributed by atoms with Gasteiger partial charge in [-0.1, -0.05) is 82.3 Å². The minimum atomic E-state index is -4.77. The monoisotopic (exact) mass is 456 g/mol. The van der Waals surface area contributed by atoms with E-state index in [-0.39, 0.29) is 31.6 Å². The molecule has 0 atom stereocenters. The zero-order valence-electron chi connectivity index (χ0n) is 18.1. The van der Waals surface area contributed by atoms with E-state index in [1.54, 1.807) is 39.8 Å². The molecular formula is C22H34O6P2. The zero-order chi connectivity index (χ0) is 22.8. The van der Waals surface area contributed by atoms with E-state index in [9.17, 15) is 28.7 Å². The number of allylic oxidation sites excluding steroid dienone is 4. The van der Waals surface area contributed by atoms with Crippen LogP contribution >= 0.6 is 15.2 Å². The van der Waals surface area contributed by atoms with Crippen LogP contribution in [0, 0.1) is 5.41 Å². The molecule has 4 N–H and O–H groups in total. The Labute approximate surface area is 179 Å². The highest BCUT2D eigenvalue weighted by Gasteiger charge is 2.69. The summed E-state index contributed by atoms with van der Waals surface area (Å²) in [7, 11) is -9.54. The van der Waals surface area contributed by atoms with Gasteiger partial charge in [-0.2, -0.15) is 0 Å². The molecule has 0 heterocycles. The van der Waals surface area contributed by atoms with Gasteiger partial charge in [-0.25, -0.2) is 0 Å². The molecule has 0 bridgehead atoms. The lowest BCUT2D eigenvalue weighted by atomic mass is 9.59. The predicted molar refractivity (Wildman–Crippen MR) is 121 cm³/mol. The van der Waals surface area contributed by atoms with Gasteiger partial charge in [-0.3, -0.25) is 9.13 Å². The molecule has 0 saturated heterocycles. The first-order chi connectivity index (χ1) is 13.9. The minimum absolute atomic E-state index is 0.0835. The fourth-order valence-corrected chi connectivity index (χ4v) is 8.98. The standard InChI is InChI=1S/C22H34O6P2/c1-5-21(6-2,29(23,24)25)20(22(7-3,8-4)30(26,27)28)16-14-19(15-17-20)18-12-10-9-11-13-18/h9-17,19H,5-8H2,1-4H3,(H2,23,24,25)(H2,26,27,28). The Bertz CT molecular complexity index is 818. The molecule has 0 aromatic heterocycles. The molecule has 0 spiro atoms. The third kappa shape index (κ3) is 3.62. The quantitative estimate of drug-likeness (QED) is 0.294. The van der Waals surface area contributed by atoms with E-state index in [2.05, 4.69) is 0 Å². The van der Waals surface area contributed by atoms with Gasteiger partial charge in [0.1, 0.15) is 0 Å². The van der Waals surface area contributed by atoms with Crippen molar-refractivity contribution in [3.8, 4) is 0 Å². The highest BCUT2D eigenvalue weighted by atomic mass is 31.2. The van der Waals surface area contributed by atoms with Crippen LogP contribution in [-0.4, -0.2) is 29.9 Å². The summed E-state index contributed by atoms with van der Waals surface area (Å²) < 4.78 is 25.9. The second-order valence-electron chi connectivity index (χ2n) is 8.09. The van der Waals surface area contributed by atoms with E-state index in [1.165, 1.54) is 0 Å². The highest BCUT2D eigenvalue weighted by molar-refractivity contribution is 7.55. The van der Waals surface area contributed by atoms with E-state index in [1.807, 2.05) is 42.5 Å². The first-order valence-electron chi connectivity index (χ1n) is 10.5. The topological polar surface area (TPSA) is 115 Å². The third-order valence-electron chi connectivity index (χ3n) is 7.31. The fourth-order valence-electron chi connectivity index (χ4n) is 5.56. The molecule has 6 nitrogen and oxygen atoms in total. The van der Waals surface area contributed by atoms with Crippen molar-refractivity contribution in [2.45, 2.75) is 69.6 Å². The molecule has 1 aromatic carbocycles. The zero-order valence-corrected chi connectivity index (χ0v) is 19.9. The SMILES string of the molecule is CCC(CC)(C1(C(CC)(CC)P(=O)(O)O)C=CC(c2ccccc2)C=C1)P(=O)(O)O. The summed E-state index contributed by atoms with van der Waals surface area (Å²) in [5.41, 5.74) is -0.501. The van der Waals surface area contributed by atoms with Crippen molar-refractivity contribution >= 4 is 15.2 Å². The van der Waals surface area contributed by atoms with Gasteiger partial charge in [0.15, 0.2) is 0 Å². The minimum Gasteiger partial charge on any atom is -0.324 e. The molecule has 1 aromatic rings. The van der Waals surface area contributed by atoms with Crippen molar-refractivity contribution in [2.24, 2.45) is 5.41 Å². The molecule has 1 aliphatic rings. The van der Waals surface area contributed by atoms with Crippen LogP contribution in [-0.2, 0) is 9.13 Å². The maximum Gasteiger partial charge on any atom is 0.332 e. The molecule has 2 rings (SSSR count). The Morgan fingerprint density at radius 2 is 1.13 bits per heavy atom. The van der Waals surface area contributed by atoms with Crippen LogP contribution in [0.4, 0.5) is 0 Å².